The predicted octanol–water partition coefficient (Wildman–Crippen LogP) is 12.9. The van der Waals surface area contributed by atoms with Crippen LogP contribution in [0.1, 0.15) is 284 Å². The third-order valence-electron chi connectivity index (χ3n) is 14.7. The molecule has 1 rings (SSSR count). The molecule has 1 aliphatic rings. The van der Waals surface area contributed by atoms with Gasteiger partial charge in [-0.15, -0.1) is 0 Å². The summed E-state index contributed by atoms with van der Waals surface area (Å²) in [6.45, 7) is 3.37. The standard InChI is InChI=1S/C60H115NO10/c1-3-5-7-9-11-13-15-16-17-18-19-20-21-22-23-24-25-26-27-28-29-30-31-32-33-34-35-36-37-38-40-42-44-46-48-53(64)59(69)61-51(50-70-60-58(68)57(67)56(66)54(49-62)71-60)55(65)52(63)47-45-43-41-39-14-12-10-8-6-4-2/h8,10,39,41,51-58,60,62-68H,3-7,9,11-38,40,42-50H2,1-2H3,(H,61,69)/b10-8+,41-39+. The molecule has 0 aromatic carbocycles. The summed E-state index contributed by atoms with van der Waals surface area (Å²) in [5, 5.41) is 75.8. The maximum atomic E-state index is 13.1. The first-order valence-electron chi connectivity index (χ1n) is 30.2. The van der Waals surface area contributed by atoms with Crippen LogP contribution in [0.4, 0.5) is 0 Å². The lowest BCUT2D eigenvalue weighted by molar-refractivity contribution is -0.303. The van der Waals surface area contributed by atoms with Gasteiger partial charge in [0.05, 0.1) is 25.4 Å². The van der Waals surface area contributed by atoms with Crippen LogP contribution < -0.4 is 5.32 Å². The maximum absolute atomic E-state index is 13.1. The minimum Gasteiger partial charge on any atom is -0.394 e. The highest BCUT2D eigenvalue weighted by Crippen LogP contribution is 2.23. The molecule has 0 saturated carbocycles. The average Bonchev–Trinajstić information content (AvgIpc) is 3.37. The molecule has 9 atom stereocenters. The highest BCUT2D eigenvalue weighted by atomic mass is 16.7. The highest BCUT2D eigenvalue weighted by Gasteiger charge is 2.44. The van der Waals surface area contributed by atoms with E-state index in [0.29, 0.717) is 19.3 Å². The molecule has 0 aromatic rings. The Bertz CT molecular complexity index is 1200. The summed E-state index contributed by atoms with van der Waals surface area (Å²) in [5.74, 6) is -0.708. The highest BCUT2D eigenvalue weighted by molar-refractivity contribution is 5.80. The molecule has 1 heterocycles. The van der Waals surface area contributed by atoms with Crippen molar-refractivity contribution in [2.24, 2.45) is 0 Å². The summed E-state index contributed by atoms with van der Waals surface area (Å²) in [5.41, 5.74) is 0. The Morgan fingerprint density at radius 1 is 0.479 bits per heavy atom. The van der Waals surface area contributed by atoms with Gasteiger partial charge in [0.1, 0.15) is 36.6 Å². The van der Waals surface area contributed by atoms with Crippen molar-refractivity contribution in [2.45, 2.75) is 339 Å². The molecule has 1 fully saturated rings. The van der Waals surface area contributed by atoms with E-state index in [4.69, 9.17) is 9.47 Å². The number of rotatable bonds is 52. The van der Waals surface area contributed by atoms with Gasteiger partial charge in [0.25, 0.3) is 0 Å². The van der Waals surface area contributed by atoms with Crippen LogP contribution in [0.2, 0.25) is 0 Å². The Labute approximate surface area is 435 Å². The van der Waals surface area contributed by atoms with Gasteiger partial charge in [-0.2, -0.15) is 0 Å². The molecule has 1 saturated heterocycles. The molecule has 9 unspecified atom stereocenters. The van der Waals surface area contributed by atoms with Gasteiger partial charge in [-0.3, -0.25) is 4.79 Å². The molecule has 1 amide bonds. The van der Waals surface area contributed by atoms with Crippen molar-refractivity contribution in [3.8, 4) is 0 Å². The van der Waals surface area contributed by atoms with E-state index in [-0.39, 0.29) is 12.8 Å². The summed E-state index contributed by atoms with van der Waals surface area (Å²) in [6, 6.07) is -1.19. The third kappa shape index (κ3) is 37.9. The fraction of sp³-hybridized carbons (Fsp3) is 0.917. The second-order valence-electron chi connectivity index (χ2n) is 21.4. The van der Waals surface area contributed by atoms with E-state index in [1.807, 2.05) is 0 Å². The number of carbonyl (C=O) groups excluding carboxylic acids is 1. The zero-order valence-electron chi connectivity index (χ0n) is 46.0. The van der Waals surface area contributed by atoms with Gasteiger partial charge in [0.15, 0.2) is 6.29 Å². The normalized spacial score (nSPS) is 20.3. The second kappa shape index (κ2) is 49.5. The van der Waals surface area contributed by atoms with Crippen LogP contribution in [0.5, 0.6) is 0 Å². The van der Waals surface area contributed by atoms with Crippen molar-refractivity contribution >= 4 is 5.91 Å². The lowest BCUT2D eigenvalue weighted by atomic mass is 9.98. The topological polar surface area (TPSA) is 189 Å². The lowest BCUT2D eigenvalue weighted by Gasteiger charge is -2.40. The average molecular weight is 1010 g/mol. The maximum Gasteiger partial charge on any atom is 0.249 e. The Morgan fingerprint density at radius 3 is 1.25 bits per heavy atom. The number of hydrogen-bond donors (Lipinski definition) is 8. The zero-order chi connectivity index (χ0) is 51.8. The lowest BCUT2D eigenvalue weighted by Crippen LogP contribution is -2.60. The van der Waals surface area contributed by atoms with E-state index < -0.39 is 74.2 Å². The molecule has 0 radical (unpaired) electrons. The van der Waals surface area contributed by atoms with Crippen LogP contribution in [0.3, 0.4) is 0 Å². The number of unbranched alkanes of at least 4 members (excludes halogenated alkanes) is 36. The van der Waals surface area contributed by atoms with Crippen molar-refractivity contribution in [2.75, 3.05) is 13.2 Å². The number of carbonyl (C=O) groups is 1. The molecule has 0 aromatic heterocycles. The minimum atomic E-state index is -1.67. The zero-order valence-corrected chi connectivity index (χ0v) is 46.0. The molecule has 0 spiro atoms. The summed E-state index contributed by atoms with van der Waals surface area (Å²) in [7, 11) is 0. The van der Waals surface area contributed by atoms with Crippen molar-refractivity contribution in [3.63, 3.8) is 0 Å². The van der Waals surface area contributed by atoms with Crippen LogP contribution in [-0.2, 0) is 14.3 Å². The number of allylic oxidation sites excluding steroid dienone is 4. The molecule has 11 nitrogen and oxygen atoms in total. The smallest absolute Gasteiger partial charge is 0.249 e. The molecule has 0 aliphatic carbocycles. The van der Waals surface area contributed by atoms with E-state index in [1.54, 1.807) is 0 Å². The number of aliphatic hydroxyl groups is 7. The van der Waals surface area contributed by atoms with Crippen LogP contribution in [0.15, 0.2) is 24.3 Å². The SMILES string of the molecule is CCC/C=C/CC/C=C/CCCC(O)C(O)C(COC1OC(CO)C(O)C(O)C1O)NC(=O)C(O)CCCCCCCCCCCCCCCCCCCCCCCCCCCCCCCCCCCC. The van der Waals surface area contributed by atoms with E-state index in [0.717, 1.165) is 44.9 Å². The van der Waals surface area contributed by atoms with Gasteiger partial charge >= 0.3 is 0 Å². The Hall–Kier alpha value is -1.41. The van der Waals surface area contributed by atoms with Gasteiger partial charge in [0, 0.05) is 0 Å². The molecule has 11 heteroatoms. The molecule has 8 N–H and O–H groups in total. The minimum absolute atomic E-state index is 0.247. The van der Waals surface area contributed by atoms with E-state index in [2.05, 4.69) is 43.5 Å². The van der Waals surface area contributed by atoms with Gasteiger partial charge in [-0.1, -0.05) is 263 Å². The Morgan fingerprint density at radius 2 is 0.859 bits per heavy atom. The van der Waals surface area contributed by atoms with Gasteiger partial charge in [0.2, 0.25) is 5.91 Å². The fourth-order valence-corrected chi connectivity index (χ4v) is 9.82. The third-order valence-corrected chi connectivity index (χ3v) is 14.7. The van der Waals surface area contributed by atoms with Crippen LogP contribution >= 0.6 is 0 Å². The molecule has 1 aliphatic heterocycles. The largest absolute Gasteiger partial charge is 0.394 e. The monoisotopic (exact) mass is 1010 g/mol. The summed E-state index contributed by atoms with van der Waals surface area (Å²) in [6.07, 6.45) is 48.7. The predicted molar refractivity (Wildman–Crippen MR) is 293 cm³/mol. The first-order chi connectivity index (χ1) is 34.7. The molecule has 420 valence electrons. The molecular formula is C60H115NO10. The first kappa shape index (κ1) is 67.6. The Balaban J connectivity index is 2.12. The summed E-state index contributed by atoms with van der Waals surface area (Å²) >= 11 is 0. The number of aliphatic hydroxyl groups excluding tert-OH is 7. The van der Waals surface area contributed by atoms with E-state index in [9.17, 15) is 40.5 Å². The van der Waals surface area contributed by atoms with Crippen LogP contribution in [0.25, 0.3) is 0 Å². The fourth-order valence-electron chi connectivity index (χ4n) is 9.82. The van der Waals surface area contributed by atoms with Crippen molar-refractivity contribution < 1.29 is 50.0 Å². The van der Waals surface area contributed by atoms with Gasteiger partial charge in [-0.25, -0.2) is 0 Å². The number of amides is 1. The van der Waals surface area contributed by atoms with Crippen molar-refractivity contribution in [1.82, 2.24) is 5.32 Å². The van der Waals surface area contributed by atoms with Crippen LogP contribution in [-0.4, -0.2) is 110 Å². The van der Waals surface area contributed by atoms with Gasteiger partial charge in [-0.05, 0) is 44.9 Å². The molecular weight excluding hydrogens is 895 g/mol. The first-order valence-corrected chi connectivity index (χ1v) is 30.2. The number of nitrogens with one attached hydrogen (secondary N) is 1. The molecule has 71 heavy (non-hydrogen) atoms. The van der Waals surface area contributed by atoms with Crippen LogP contribution in [0, 0.1) is 0 Å². The quantitative estimate of drug-likeness (QED) is 0.0215. The summed E-state index contributed by atoms with van der Waals surface area (Å²) < 4.78 is 11.1. The number of ether oxygens (including phenoxy) is 2. The number of hydrogen-bond acceptors (Lipinski definition) is 10. The summed E-state index contributed by atoms with van der Waals surface area (Å²) in [4.78, 5) is 13.1. The second-order valence-corrected chi connectivity index (χ2v) is 21.4. The van der Waals surface area contributed by atoms with Crippen molar-refractivity contribution in [3.05, 3.63) is 24.3 Å². The van der Waals surface area contributed by atoms with Crippen molar-refractivity contribution in [1.29, 1.82) is 0 Å². The van der Waals surface area contributed by atoms with E-state index in [1.165, 1.54) is 193 Å². The molecule has 0 bridgehead atoms. The Kier molecular flexibility index (Phi) is 47.1. The van der Waals surface area contributed by atoms with E-state index >= 15 is 0 Å². The van der Waals surface area contributed by atoms with Gasteiger partial charge < -0.3 is 50.5 Å².